The van der Waals surface area contributed by atoms with Crippen molar-refractivity contribution in [3.8, 4) is 0 Å². The Labute approximate surface area is 135 Å². The van der Waals surface area contributed by atoms with Gasteiger partial charge in [0.05, 0.1) is 18.9 Å². The fourth-order valence-corrected chi connectivity index (χ4v) is 2.59. The van der Waals surface area contributed by atoms with Crippen LogP contribution in [0.3, 0.4) is 0 Å². The van der Waals surface area contributed by atoms with Crippen LogP contribution in [0.15, 0.2) is 0 Å². The highest BCUT2D eigenvalue weighted by atomic mass is 16.5. The van der Waals surface area contributed by atoms with Crippen molar-refractivity contribution in [2.24, 2.45) is 0 Å². The molecule has 1 aliphatic heterocycles. The van der Waals surface area contributed by atoms with Gasteiger partial charge in [0.1, 0.15) is 5.69 Å². The molecule has 8 nitrogen and oxygen atoms in total. The van der Waals surface area contributed by atoms with E-state index in [1.807, 2.05) is 4.57 Å². The maximum absolute atomic E-state index is 12.3. The molecule has 1 aliphatic rings. The Balaban J connectivity index is 2.16. The Hall–Kier alpha value is -1.93. The summed E-state index contributed by atoms with van der Waals surface area (Å²) in [5.74, 6) is -0.238. The summed E-state index contributed by atoms with van der Waals surface area (Å²) in [5.41, 5.74) is 1.18. The van der Waals surface area contributed by atoms with Gasteiger partial charge in [0.25, 0.3) is 11.8 Å². The number of ether oxygens (including phenoxy) is 2. The summed E-state index contributed by atoms with van der Waals surface area (Å²) in [7, 11) is 3.15. The van der Waals surface area contributed by atoms with Crippen LogP contribution in [0.1, 0.15) is 39.6 Å². The average molecular weight is 324 g/mol. The van der Waals surface area contributed by atoms with Crippen LogP contribution >= 0.6 is 0 Å². The Morgan fingerprint density at radius 2 is 1.74 bits per heavy atom. The quantitative estimate of drug-likeness (QED) is 0.655. The lowest BCUT2D eigenvalue weighted by atomic mass is 10.1. The van der Waals surface area contributed by atoms with Gasteiger partial charge in [-0.1, -0.05) is 0 Å². The van der Waals surface area contributed by atoms with Crippen LogP contribution in [0, 0.1) is 0 Å². The number of carbonyl (C=O) groups excluding carboxylic acids is 2. The average Bonchev–Trinajstić information content (AvgIpc) is 2.95. The second kappa shape index (κ2) is 8.64. The largest absolute Gasteiger partial charge is 0.383 e. The van der Waals surface area contributed by atoms with E-state index in [9.17, 15) is 9.59 Å². The summed E-state index contributed by atoms with van der Waals surface area (Å²) in [6, 6.07) is 0. The van der Waals surface area contributed by atoms with Gasteiger partial charge >= 0.3 is 0 Å². The van der Waals surface area contributed by atoms with Gasteiger partial charge in [0.15, 0.2) is 5.82 Å². The van der Waals surface area contributed by atoms with Gasteiger partial charge in [-0.05, 0) is 19.3 Å². The Kier molecular flexibility index (Phi) is 6.54. The molecule has 0 aromatic carbocycles. The predicted octanol–water partition coefficient (Wildman–Crippen LogP) is -0.0282. The van der Waals surface area contributed by atoms with Crippen LogP contribution in [0.2, 0.25) is 0 Å². The molecule has 2 rings (SSSR count). The van der Waals surface area contributed by atoms with E-state index in [0.29, 0.717) is 44.4 Å². The Morgan fingerprint density at radius 3 is 2.39 bits per heavy atom. The summed E-state index contributed by atoms with van der Waals surface area (Å²) < 4.78 is 11.7. The first-order valence-corrected chi connectivity index (χ1v) is 7.82. The summed E-state index contributed by atoms with van der Waals surface area (Å²) in [5, 5.41) is 5.52. The minimum absolute atomic E-state index is 0.261. The van der Waals surface area contributed by atoms with E-state index >= 15 is 0 Å². The number of fused-ring (bicyclic) bond motifs is 1. The summed E-state index contributed by atoms with van der Waals surface area (Å²) in [6.45, 7) is 2.40. The first-order valence-electron chi connectivity index (χ1n) is 7.82. The zero-order chi connectivity index (χ0) is 16.7. The van der Waals surface area contributed by atoms with Crippen LogP contribution in [-0.4, -0.2) is 61.9 Å². The number of carbonyl (C=O) groups is 2. The maximum Gasteiger partial charge on any atom is 0.287 e. The molecule has 0 aliphatic carbocycles. The van der Waals surface area contributed by atoms with Gasteiger partial charge in [-0.3, -0.25) is 9.59 Å². The van der Waals surface area contributed by atoms with Crippen molar-refractivity contribution in [2.75, 3.05) is 40.5 Å². The lowest BCUT2D eigenvalue weighted by Gasteiger charge is -2.17. The number of nitrogens with one attached hydrogen (secondary N) is 2. The van der Waals surface area contributed by atoms with Crippen LogP contribution in [-0.2, 0) is 22.4 Å². The molecule has 0 bridgehead atoms. The number of amides is 2. The van der Waals surface area contributed by atoms with Crippen molar-refractivity contribution in [3.05, 3.63) is 17.2 Å². The molecule has 128 valence electrons. The summed E-state index contributed by atoms with van der Waals surface area (Å²) >= 11 is 0. The monoisotopic (exact) mass is 324 g/mol. The van der Waals surface area contributed by atoms with E-state index in [1.54, 1.807) is 14.2 Å². The zero-order valence-electron chi connectivity index (χ0n) is 13.7. The summed E-state index contributed by atoms with van der Waals surface area (Å²) in [6.07, 6.45) is 2.73. The fraction of sp³-hybridized carbons (Fsp3) is 0.667. The molecular formula is C15H24N4O4. The molecule has 0 fully saturated rings. The Morgan fingerprint density at radius 1 is 1.09 bits per heavy atom. The molecule has 2 heterocycles. The minimum Gasteiger partial charge on any atom is -0.383 e. The molecule has 8 heteroatoms. The maximum atomic E-state index is 12.3. The van der Waals surface area contributed by atoms with E-state index < -0.39 is 0 Å². The highest BCUT2D eigenvalue weighted by molar-refractivity contribution is 5.97. The van der Waals surface area contributed by atoms with E-state index in [0.717, 1.165) is 25.0 Å². The van der Waals surface area contributed by atoms with Crippen molar-refractivity contribution in [1.29, 1.82) is 0 Å². The standard InChI is InChI=1S/C15H24N4O4/c1-22-9-6-16-14(20)12-11-5-3-4-8-19(11)13(18-12)15(21)17-7-10-23-2/h3-10H2,1-2H3,(H,16,20)(H,17,21). The number of nitrogens with zero attached hydrogens (tertiary/aromatic N) is 2. The van der Waals surface area contributed by atoms with E-state index in [2.05, 4.69) is 15.6 Å². The molecule has 2 N–H and O–H groups in total. The van der Waals surface area contributed by atoms with Gasteiger partial charge < -0.3 is 24.7 Å². The van der Waals surface area contributed by atoms with E-state index in [1.165, 1.54) is 0 Å². The number of rotatable bonds is 8. The van der Waals surface area contributed by atoms with Crippen molar-refractivity contribution >= 4 is 11.8 Å². The lowest BCUT2D eigenvalue weighted by Crippen LogP contribution is -2.30. The van der Waals surface area contributed by atoms with E-state index in [-0.39, 0.29) is 11.8 Å². The molecule has 0 spiro atoms. The molecular weight excluding hydrogens is 300 g/mol. The zero-order valence-corrected chi connectivity index (χ0v) is 13.7. The second-order valence-corrected chi connectivity index (χ2v) is 5.34. The smallest absolute Gasteiger partial charge is 0.287 e. The first kappa shape index (κ1) is 17.4. The van der Waals surface area contributed by atoms with Crippen LogP contribution in [0.4, 0.5) is 0 Å². The van der Waals surface area contributed by atoms with Crippen molar-refractivity contribution in [2.45, 2.75) is 25.8 Å². The first-order chi connectivity index (χ1) is 11.2. The summed E-state index contributed by atoms with van der Waals surface area (Å²) in [4.78, 5) is 28.9. The van der Waals surface area contributed by atoms with Crippen LogP contribution in [0.25, 0.3) is 0 Å². The fourth-order valence-electron chi connectivity index (χ4n) is 2.59. The SMILES string of the molecule is COCCNC(=O)c1nc(C(=O)NCCOC)n2c1CCCC2. The third-order valence-electron chi connectivity index (χ3n) is 3.72. The normalized spacial score (nSPS) is 13.5. The Bertz CT molecular complexity index is 509. The highest BCUT2D eigenvalue weighted by Gasteiger charge is 2.27. The van der Waals surface area contributed by atoms with Crippen LogP contribution < -0.4 is 10.6 Å². The molecule has 23 heavy (non-hydrogen) atoms. The number of hydrogen-bond donors (Lipinski definition) is 2. The molecule has 1 aromatic heterocycles. The molecule has 2 amide bonds. The highest BCUT2D eigenvalue weighted by Crippen LogP contribution is 2.21. The van der Waals surface area contributed by atoms with Gasteiger partial charge in [-0.25, -0.2) is 4.98 Å². The minimum atomic E-state index is -0.277. The molecule has 0 radical (unpaired) electrons. The van der Waals surface area contributed by atoms with E-state index in [4.69, 9.17) is 9.47 Å². The number of methoxy groups -OCH3 is 2. The van der Waals surface area contributed by atoms with Crippen molar-refractivity contribution in [3.63, 3.8) is 0 Å². The molecule has 0 unspecified atom stereocenters. The third-order valence-corrected chi connectivity index (χ3v) is 3.72. The van der Waals surface area contributed by atoms with Gasteiger partial charge in [-0.2, -0.15) is 0 Å². The predicted molar refractivity (Wildman–Crippen MR) is 83.6 cm³/mol. The van der Waals surface area contributed by atoms with Crippen LogP contribution in [0.5, 0.6) is 0 Å². The number of imidazole rings is 1. The topological polar surface area (TPSA) is 94.5 Å². The third kappa shape index (κ3) is 4.29. The molecule has 1 aromatic rings. The van der Waals surface area contributed by atoms with Crippen molar-refractivity contribution in [1.82, 2.24) is 20.2 Å². The molecule has 0 atom stereocenters. The lowest BCUT2D eigenvalue weighted by molar-refractivity contribution is 0.0921. The van der Waals surface area contributed by atoms with Crippen molar-refractivity contribution < 1.29 is 19.1 Å². The van der Waals surface area contributed by atoms with Gasteiger partial charge in [0, 0.05) is 33.9 Å². The number of hydrogen-bond acceptors (Lipinski definition) is 5. The number of aromatic nitrogens is 2. The van der Waals surface area contributed by atoms with Gasteiger partial charge in [-0.15, -0.1) is 0 Å². The second-order valence-electron chi connectivity index (χ2n) is 5.34. The molecule has 0 saturated heterocycles. The van der Waals surface area contributed by atoms with Gasteiger partial charge in [0.2, 0.25) is 0 Å². The molecule has 0 saturated carbocycles.